The molecule has 0 bridgehead atoms. The van der Waals surface area contributed by atoms with E-state index in [1.165, 1.54) is 38.5 Å². The first-order valence-electron chi connectivity index (χ1n) is 7.91. The Morgan fingerprint density at radius 3 is 1.78 bits per heavy atom. The normalized spacial score (nSPS) is 14.8. The van der Waals surface area contributed by atoms with E-state index in [9.17, 15) is 4.79 Å². The van der Waals surface area contributed by atoms with Gasteiger partial charge in [-0.3, -0.25) is 0 Å². The molecule has 0 rings (SSSR count). The molecular weight excluding hydrogens is 220 g/mol. The van der Waals surface area contributed by atoms with Crippen LogP contribution in [0.25, 0.3) is 0 Å². The van der Waals surface area contributed by atoms with Gasteiger partial charge in [-0.25, -0.2) is 0 Å². The Morgan fingerprint density at radius 2 is 1.28 bits per heavy atom. The van der Waals surface area contributed by atoms with Gasteiger partial charge in [0.25, 0.3) is 0 Å². The van der Waals surface area contributed by atoms with E-state index >= 15 is 0 Å². The van der Waals surface area contributed by atoms with Gasteiger partial charge in [-0.1, -0.05) is 66.2 Å². The summed E-state index contributed by atoms with van der Waals surface area (Å²) in [7, 11) is 0. The van der Waals surface area contributed by atoms with Gasteiger partial charge in [0.2, 0.25) is 0 Å². The maximum atomic E-state index is 10.9. The van der Waals surface area contributed by atoms with Crippen molar-refractivity contribution in [2.24, 2.45) is 17.8 Å². The number of carbonyl (C=O) groups is 1. The molecule has 2 unspecified atom stereocenters. The fourth-order valence-corrected chi connectivity index (χ4v) is 2.42. The highest BCUT2D eigenvalue weighted by molar-refractivity contribution is 5.75. The molecule has 108 valence electrons. The molecular formula is C17H34O. The first kappa shape index (κ1) is 17.7. The third kappa shape index (κ3) is 12.1. The molecule has 0 aromatic heterocycles. The van der Waals surface area contributed by atoms with E-state index in [0.29, 0.717) is 5.78 Å². The van der Waals surface area contributed by atoms with Gasteiger partial charge >= 0.3 is 0 Å². The summed E-state index contributed by atoms with van der Waals surface area (Å²) in [6.07, 6.45) is 9.91. The molecule has 0 amide bonds. The third-order valence-electron chi connectivity index (χ3n) is 3.86. The Labute approximate surface area is 115 Å². The van der Waals surface area contributed by atoms with Crippen molar-refractivity contribution in [3.63, 3.8) is 0 Å². The van der Waals surface area contributed by atoms with Crippen molar-refractivity contribution in [2.45, 2.75) is 86.0 Å². The van der Waals surface area contributed by atoms with Crippen molar-refractivity contribution in [3.05, 3.63) is 0 Å². The molecule has 0 radical (unpaired) electrons. The van der Waals surface area contributed by atoms with Gasteiger partial charge in [0.15, 0.2) is 0 Å². The highest BCUT2D eigenvalue weighted by atomic mass is 16.1. The minimum atomic E-state index is 0.338. The van der Waals surface area contributed by atoms with Crippen LogP contribution in [0.3, 0.4) is 0 Å². The number of hydrogen-bond acceptors (Lipinski definition) is 1. The van der Waals surface area contributed by atoms with Gasteiger partial charge < -0.3 is 4.79 Å². The lowest BCUT2D eigenvalue weighted by molar-refractivity contribution is -0.117. The van der Waals surface area contributed by atoms with Crippen LogP contribution in [0.5, 0.6) is 0 Å². The van der Waals surface area contributed by atoms with Crippen molar-refractivity contribution >= 4 is 5.78 Å². The summed E-state index contributed by atoms with van der Waals surface area (Å²) in [5.74, 6) is 2.86. The van der Waals surface area contributed by atoms with Crippen LogP contribution in [0.4, 0.5) is 0 Å². The Kier molecular flexibility index (Phi) is 10.4. The second kappa shape index (κ2) is 10.6. The Hall–Kier alpha value is -0.330. The van der Waals surface area contributed by atoms with E-state index in [4.69, 9.17) is 0 Å². The summed E-state index contributed by atoms with van der Waals surface area (Å²) >= 11 is 0. The smallest absolute Gasteiger partial charge is 0.129 e. The number of carbonyl (C=O) groups excluding carboxylic acids is 1. The zero-order chi connectivity index (χ0) is 14.0. The minimum Gasteiger partial charge on any atom is -0.300 e. The van der Waals surface area contributed by atoms with Crippen LogP contribution in [0.15, 0.2) is 0 Å². The van der Waals surface area contributed by atoms with Crippen molar-refractivity contribution in [2.75, 3.05) is 0 Å². The zero-order valence-corrected chi connectivity index (χ0v) is 13.3. The molecule has 18 heavy (non-hydrogen) atoms. The van der Waals surface area contributed by atoms with Crippen molar-refractivity contribution in [1.29, 1.82) is 0 Å². The molecule has 0 aromatic rings. The van der Waals surface area contributed by atoms with Gasteiger partial charge in [-0.15, -0.1) is 0 Å². The lowest BCUT2D eigenvalue weighted by Crippen LogP contribution is -2.01. The van der Waals surface area contributed by atoms with Gasteiger partial charge in [-0.05, 0) is 31.1 Å². The van der Waals surface area contributed by atoms with Gasteiger partial charge in [0.05, 0.1) is 0 Å². The number of ketones is 1. The van der Waals surface area contributed by atoms with E-state index in [2.05, 4.69) is 27.7 Å². The molecule has 1 heteroatoms. The maximum Gasteiger partial charge on any atom is 0.129 e. The lowest BCUT2D eigenvalue weighted by Gasteiger charge is -2.15. The van der Waals surface area contributed by atoms with Crippen molar-refractivity contribution < 1.29 is 4.79 Å². The van der Waals surface area contributed by atoms with E-state index in [1.807, 2.05) is 0 Å². The molecule has 0 saturated heterocycles. The zero-order valence-electron chi connectivity index (χ0n) is 13.3. The average molecular weight is 254 g/mol. The van der Waals surface area contributed by atoms with Crippen LogP contribution in [0.2, 0.25) is 0 Å². The highest BCUT2D eigenvalue weighted by Crippen LogP contribution is 2.21. The van der Waals surface area contributed by atoms with Crippen LogP contribution in [0, 0.1) is 17.8 Å². The summed E-state index contributed by atoms with van der Waals surface area (Å²) < 4.78 is 0. The molecule has 0 fully saturated rings. The number of Topliss-reactive ketones (excluding diaryl/α,β-unsaturated/α-hetero) is 1. The van der Waals surface area contributed by atoms with E-state index in [1.54, 1.807) is 6.92 Å². The predicted molar refractivity (Wildman–Crippen MR) is 80.8 cm³/mol. The highest BCUT2D eigenvalue weighted by Gasteiger charge is 2.07. The fraction of sp³-hybridized carbons (Fsp3) is 0.941. The van der Waals surface area contributed by atoms with Gasteiger partial charge in [0.1, 0.15) is 5.78 Å². The van der Waals surface area contributed by atoms with Crippen LogP contribution in [-0.2, 0) is 4.79 Å². The van der Waals surface area contributed by atoms with E-state index in [-0.39, 0.29) is 0 Å². The average Bonchev–Trinajstić information content (AvgIpc) is 2.25. The second-order valence-electron chi connectivity index (χ2n) is 6.71. The molecule has 0 heterocycles. The summed E-state index contributed by atoms with van der Waals surface area (Å²) in [5, 5.41) is 0. The minimum absolute atomic E-state index is 0.338. The molecule has 0 aliphatic rings. The topological polar surface area (TPSA) is 17.1 Å². The molecule has 0 spiro atoms. The lowest BCUT2D eigenvalue weighted by atomic mass is 9.91. The van der Waals surface area contributed by atoms with Crippen LogP contribution >= 0.6 is 0 Å². The Bertz CT molecular complexity index is 208. The first-order chi connectivity index (χ1) is 8.41. The standard InChI is InChI=1S/C17H34O/c1-14(2)12-13-16(4)9-6-8-15(3)10-7-11-17(5)18/h14-16H,6-13H2,1-5H3. The third-order valence-corrected chi connectivity index (χ3v) is 3.86. The van der Waals surface area contributed by atoms with Gasteiger partial charge in [-0.2, -0.15) is 0 Å². The van der Waals surface area contributed by atoms with Crippen LogP contribution < -0.4 is 0 Å². The molecule has 1 nitrogen and oxygen atoms in total. The Morgan fingerprint density at radius 1 is 0.778 bits per heavy atom. The molecule has 0 aliphatic carbocycles. The molecule has 0 N–H and O–H groups in total. The number of rotatable bonds is 11. The first-order valence-corrected chi connectivity index (χ1v) is 7.91. The van der Waals surface area contributed by atoms with Crippen LogP contribution in [0.1, 0.15) is 86.0 Å². The molecule has 0 aromatic carbocycles. The van der Waals surface area contributed by atoms with Crippen molar-refractivity contribution in [3.8, 4) is 0 Å². The van der Waals surface area contributed by atoms with E-state index < -0.39 is 0 Å². The second-order valence-corrected chi connectivity index (χ2v) is 6.71. The molecule has 2 atom stereocenters. The SMILES string of the molecule is CC(=O)CCCC(C)CCCC(C)CCC(C)C. The van der Waals surface area contributed by atoms with Crippen molar-refractivity contribution in [1.82, 2.24) is 0 Å². The molecule has 0 aliphatic heterocycles. The van der Waals surface area contributed by atoms with Gasteiger partial charge in [0, 0.05) is 6.42 Å². The summed E-state index contributed by atoms with van der Waals surface area (Å²) in [5.41, 5.74) is 0. The Balaban J connectivity index is 3.43. The summed E-state index contributed by atoms with van der Waals surface area (Å²) in [6, 6.07) is 0. The van der Waals surface area contributed by atoms with E-state index in [0.717, 1.165) is 30.6 Å². The maximum absolute atomic E-state index is 10.9. The monoisotopic (exact) mass is 254 g/mol. The summed E-state index contributed by atoms with van der Waals surface area (Å²) in [6.45, 7) is 11.0. The number of hydrogen-bond donors (Lipinski definition) is 0. The molecule has 0 saturated carbocycles. The fourth-order valence-electron chi connectivity index (χ4n) is 2.42. The summed E-state index contributed by atoms with van der Waals surface area (Å²) in [4.78, 5) is 10.9. The quantitative estimate of drug-likeness (QED) is 0.467. The largest absolute Gasteiger partial charge is 0.300 e. The van der Waals surface area contributed by atoms with Crippen LogP contribution in [-0.4, -0.2) is 5.78 Å². The predicted octanol–water partition coefficient (Wildman–Crippen LogP) is 5.62.